The summed E-state index contributed by atoms with van der Waals surface area (Å²) in [5.74, 6) is 0. The molecule has 0 bridgehead atoms. The van der Waals surface area contributed by atoms with E-state index in [9.17, 15) is 5.11 Å². The van der Waals surface area contributed by atoms with E-state index in [1.165, 1.54) is 0 Å². The SMILES string of the molecule is Cc1ccc(C(O)CCN2CCN(CCO)CC2)cc1N. The lowest BCUT2D eigenvalue weighted by atomic mass is 10.0. The molecule has 5 heteroatoms. The topological polar surface area (TPSA) is 73.0 Å². The molecule has 1 aliphatic rings. The van der Waals surface area contributed by atoms with Gasteiger partial charge >= 0.3 is 0 Å². The fourth-order valence-corrected chi connectivity index (χ4v) is 2.72. The number of piperazine rings is 1. The Bertz CT molecular complexity index is 445. The normalized spacial score (nSPS) is 18.8. The van der Waals surface area contributed by atoms with Crippen LogP contribution in [0, 0.1) is 6.92 Å². The third-order valence-corrected chi connectivity index (χ3v) is 4.29. The molecule has 2 rings (SSSR count). The van der Waals surface area contributed by atoms with Gasteiger partial charge < -0.3 is 20.8 Å². The minimum Gasteiger partial charge on any atom is -0.399 e. The molecule has 0 amide bonds. The Kier molecular flexibility index (Phi) is 5.99. The molecule has 4 N–H and O–H groups in total. The van der Waals surface area contributed by atoms with Crippen molar-refractivity contribution >= 4 is 5.69 Å². The molecule has 1 aromatic carbocycles. The van der Waals surface area contributed by atoms with E-state index in [0.717, 1.165) is 62.5 Å². The molecule has 0 spiro atoms. The highest BCUT2D eigenvalue weighted by molar-refractivity contribution is 5.48. The Labute approximate surface area is 127 Å². The summed E-state index contributed by atoms with van der Waals surface area (Å²) >= 11 is 0. The highest BCUT2D eigenvalue weighted by Gasteiger charge is 2.17. The summed E-state index contributed by atoms with van der Waals surface area (Å²) in [6.07, 6.45) is 0.269. The van der Waals surface area contributed by atoms with E-state index in [4.69, 9.17) is 10.8 Å². The zero-order valence-electron chi connectivity index (χ0n) is 12.8. The Morgan fingerprint density at radius 2 is 1.76 bits per heavy atom. The fourth-order valence-electron chi connectivity index (χ4n) is 2.72. The molecule has 1 unspecified atom stereocenters. The maximum Gasteiger partial charge on any atom is 0.0803 e. The van der Waals surface area contributed by atoms with Crippen molar-refractivity contribution in [2.75, 3.05) is 51.6 Å². The number of nitrogen functional groups attached to an aromatic ring is 1. The minimum atomic E-state index is -0.455. The lowest BCUT2D eigenvalue weighted by molar-refractivity contribution is 0.0924. The highest BCUT2D eigenvalue weighted by atomic mass is 16.3. The molecule has 21 heavy (non-hydrogen) atoms. The molecule has 0 radical (unpaired) electrons. The molecule has 0 aromatic heterocycles. The van der Waals surface area contributed by atoms with Gasteiger partial charge in [-0.25, -0.2) is 0 Å². The smallest absolute Gasteiger partial charge is 0.0803 e. The van der Waals surface area contributed by atoms with Crippen LogP contribution in [0.3, 0.4) is 0 Å². The number of rotatable bonds is 6. The minimum absolute atomic E-state index is 0.230. The molecule has 5 nitrogen and oxygen atoms in total. The van der Waals surface area contributed by atoms with Crippen LogP contribution in [-0.4, -0.2) is 65.9 Å². The second kappa shape index (κ2) is 7.75. The lowest BCUT2D eigenvalue weighted by Crippen LogP contribution is -2.47. The predicted molar refractivity (Wildman–Crippen MR) is 85.1 cm³/mol. The standard InChI is InChI=1S/C16H27N3O2/c1-13-2-3-14(12-15(13)17)16(21)4-5-18-6-8-19(9-7-18)10-11-20/h2-3,12,16,20-21H,4-11,17H2,1H3. The second-order valence-electron chi connectivity index (χ2n) is 5.83. The average molecular weight is 293 g/mol. The summed E-state index contributed by atoms with van der Waals surface area (Å²) in [7, 11) is 0. The van der Waals surface area contributed by atoms with Gasteiger partial charge in [0.15, 0.2) is 0 Å². The van der Waals surface area contributed by atoms with Crippen molar-refractivity contribution in [3.8, 4) is 0 Å². The predicted octanol–water partition coefficient (Wildman–Crippen LogP) is 0.611. The number of nitrogens with two attached hydrogens (primary N) is 1. The van der Waals surface area contributed by atoms with E-state index in [1.54, 1.807) is 0 Å². The number of hydrogen-bond acceptors (Lipinski definition) is 5. The van der Waals surface area contributed by atoms with Crippen LogP contribution in [0.5, 0.6) is 0 Å². The van der Waals surface area contributed by atoms with Gasteiger partial charge in [0.1, 0.15) is 0 Å². The van der Waals surface area contributed by atoms with E-state index in [2.05, 4.69) is 9.80 Å². The molecule has 1 fully saturated rings. The second-order valence-corrected chi connectivity index (χ2v) is 5.83. The van der Waals surface area contributed by atoms with Crippen LogP contribution in [0.2, 0.25) is 0 Å². The number of β-amino-alcohol motifs (C(OH)–C–C–N with tert-alkyl or cyclic N) is 1. The van der Waals surface area contributed by atoms with Crippen molar-refractivity contribution in [1.82, 2.24) is 9.80 Å². The van der Waals surface area contributed by atoms with Crippen molar-refractivity contribution in [3.63, 3.8) is 0 Å². The van der Waals surface area contributed by atoms with E-state index < -0.39 is 6.10 Å². The Hall–Kier alpha value is -1.14. The first-order valence-corrected chi connectivity index (χ1v) is 7.70. The third-order valence-electron chi connectivity index (χ3n) is 4.29. The van der Waals surface area contributed by atoms with Crippen LogP contribution >= 0.6 is 0 Å². The van der Waals surface area contributed by atoms with Crippen LogP contribution in [-0.2, 0) is 0 Å². The van der Waals surface area contributed by atoms with E-state index in [0.29, 0.717) is 0 Å². The van der Waals surface area contributed by atoms with Gasteiger partial charge in [0.2, 0.25) is 0 Å². The first-order chi connectivity index (χ1) is 10.1. The lowest BCUT2D eigenvalue weighted by Gasteiger charge is -2.34. The van der Waals surface area contributed by atoms with Crippen molar-refractivity contribution < 1.29 is 10.2 Å². The molecule has 1 aromatic rings. The summed E-state index contributed by atoms with van der Waals surface area (Å²) in [5, 5.41) is 19.2. The third kappa shape index (κ3) is 4.68. The van der Waals surface area contributed by atoms with E-state index in [-0.39, 0.29) is 6.61 Å². The van der Waals surface area contributed by atoms with Crippen LogP contribution in [0.15, 0.2) is 18.2 Å². The molecule has 0 aliphatic carbocycles. The van der Waals surface area contributed by atoms with Gasteiger partial charge in [0.05, 0.1) is 12.7 Å². The van der Waals surface area contributed by atoms with Crippen molar-refractivity contribution in [2.45, 2.75) is 19.4 Å². The number of aliphatic hydroxyl groups excluding tert-OH is 2. The quantitative estimate of drug-likeness (QED) is 0.670. The summed E-state index contributed by atoms with van der Waals surface area (Å²) < 4.78 is 0. The zero-order valence-corrected chi connectivity index (χ0v) is 12.8. The van der Waals surface area contributed by atoms with Crippen molar-refractivity contribution in [2.24, 2.45) is 0 Å². The molecular weight excluding hydrogens is 266 g/mol. The first kappa shape index (κ1) is 16.2. The van der Waals surface area contributed by atoms with Crippen LogP contribution < -0.4 is 5.73 Å². The molecule has 1 saturated heterocycles. The fraction of sp³-hybridized carbons (Fsp3) is 0.625. The Balaban J connectivity index is 1.76. The summed E-state index contributed by atoms with van der Waals surface area (Å²) in [4.78, 5) is 4.64. The number of benzene rings is 1. The zero-order chi connectivity index (χ0) is 15.2. The van der Waals surface area contributed by atoms with Gasteiger partial charge in [-0.05, 0) is 30.5 Å². The van der Waals surface area contributed by atoms with Gasteiger partial charge in [0.25, 0.3) is 0 Å². The number of nitrogens with zero attached hydrogens (tertiary/aromatic N) is 2. The number of hydrogen-bond donors (Lipinski definition) is 3. The van der Waals surface area contributed by atoms with Crippen LogP contribution in [0.1, 0.15) is 23.7 Å². The van der Waals surface area contributed by atoms with Crippen molar-refractivity contribution in [3.05, 3.63) is 29.3 Å². The average Bonchev–Trinajstić information content (AvgIpc) is 2.49. The van der Waals surface area contributed by atoms with Gasteiger partial charge in [-0.1, -0.05) is 12.1 Å². The summed E-state index contributed by atoms with van der Waals surface area (Å²) in [5.41, 5.74) is 8.58. The van der Waals surface area contributed by atoms with Crippen molar-refractivity contribution in [1.29, 1.82) is 0 Å². The Morgan fingerprint density at radius 1 is 1.14 bits per heavy atom. The van der Waals surface area contributed by atoms with Crippen LogP contribution in [0.4, 0.5) is 5.69 Å². The number of aliphatic hydroxyl groups is 2. The molecule has 1 atom stereocenters. The van der Waals surface area contributed by atoms with Crippen LogP contribution in [0.25, 0.3) is 0 Å². The molecule has 1 aliphatic heterocycles. The van der Waals surface area contributed by atoms with Gasteiger partial charge in [0, 0.05) is 45.0 Å². The number of aryl methyl sites for hydroxylation is 1. The van der Waals surface area contributed by atoms with E-state index in [1.807, 2.05) is 25.1 Å². The monoisotopic (exact) mass is 293 g/mol. The molecule has 118 valence electrons. The highest BCUT2D eigenvalue weighted by Crippen LogP contribution is 2.21. The van der Waals surface area contributed by atoms with Gasteiger partial charge in [-0.2, -0.15) is 0 Å². The molecule has 0 saturated carbocycles. The maximum atomic E-state index is 10.3. The maximum absolute atomic E-state index is 10.3. The van der Waals surface area contributed by atoms with E-state index >= 15 is 0 Å². The number of anilines is 1. The molecule has 1 heterocycles. The van der Waals surface area contributed by atoms with Gasteiger partial charge in [-0.15, -0.1) is 0 Å². The first-order valence-electron chi connectivity index (χ1n) is 7.70. The Morgan fingerprint density at radius 3 is 2.33 bits per heavy atom. The van der Waals surface area contributed by atoms with Gasteiger partial charge in [-0.3, -0.25) is 4.90 Å². The molecular formula is C16H27N3O2. The summed E-state index contributed by atoms with van der Waals surface area (Å²) in [6, 6.07) is 5.79. The largest absolute Gasteiger partial charge is 0.399 e. The summed E-state index contributed by atoms with van der Waals surface area (Å²) in [6.45, 7) is 7.85.